The van der Waals surface area contributed by atoms with E-state index in [0.717, 1.165) is 24.2 Å². The zero-order chi connectivity index (χ0) is 20.0. The maximum atomic E-state index is 12.9. The van der Waals surface area contributed by atoms with Crippen LogP contribution in [0.15, 0.2) is 24.3 Å². The lowest BCUT2D eigenvalue weighted by atomic mass is 10.0. The smallest absolute Gasteiger partial charge is 0.262 e. The molecule has 1 N–H and O–H groups in total. The van der Waals surface area contributed by atoms with Gasteiger partial charge in [-0.2, -0.15) is 11.8 Å². The van der Waals surface area contributed by atoms with Gasteiger partial charge in [0.1, 0.15) is 6.04 Å². The van der Waals surface area contributed by atoms with Crippen LogP contribution in [0.1, 0.15) is 67.2 Å². The van der Waals surface area contributed by atoms with Crippen LogP contribution in [0.4, 0.5) is 0 Å². The Balaban J connectivity index is 2.10. The van der Waals surface area contributed by atoms with E-state index < -0.39 is 6.04 Å². The molecule has 1 aromatic carbocycles. The largest absolute Gasteiger partial charge is 0.352 e. The molecule has 6 heteroatoms. The molecule has 1 aromatic rings. The summed E-state index contributed by atoms with van der Waals surface area (Å²) in [6.07, 6.45) is 5.46. The fraction of sp³-hybridized carbons (Fsp3) is 0.571. The van der Waals surface area contributed by atoms with Gasteiger partial charge in [-0.25, -0.2) is 0 Å². The van der Waals surface area contributed by atoms with Gasteiger partial charge in [0.2, 0.25) is 5.91 Å². The molecule has 0 radical (unpaired) electrons. The summed E-state index contributed by atoms with van der Waals surface area (Å²) in [7, 11) is 0. The molecule has 1 aliphatic rings. The molecular formula is C21H30N2O3S. The number of thioether (sulfide) groups is 1. The van der Waals surface area contributed by atoms with Crippen LogP contribution in [-0.4, -0.2) is 46.7 Å². The SMILES string of the molecule is CSCC[C@@H](C(=O)N[C@@H](C)CCCC(C)C)N1C(=O)c2ccccc2C1=O. The maximum Gasteiger partial charge on any atom is 0.262 e. The third-order valence-corrected chi connectivity index (χ3v) is 5.49. The first kappa shape index (κ1) is 21.5. The molecule has 2 atom stereocenters. The van der Waals surface area contributed by atoms with Gasteiger partial charge in [-0.15, -0.1) is 0 Å². The van der Waals surface area contributed by atoms with E-state index in [9.17, 15) is 14.4 Å². The van der Waals surface area contributed by atoms with Gasteiger partial charge in [-0.05, 0) is 49.8 Å². The molecular weight excluding hydrogens is 360 g/mol. The summed E-state index contributed by atoms with van der Waals surface area (Å²) in [5, 5.41) is 3.01. The van der Waals surface area contributed by atoms with Crippen LogP contribution in [0.25, 0.3) is 0 Å². The Labute approximate surface area is 166 Å². The molecule has 1 heterocycles. The summed E-state index contributed by atoms with van der Waals surface area (Å²) in [6.45, 7) is 6.35. The summed E-state index contributed by atoms with van der Waals surface area (Å²) in [6, 6.07) is 6.02. The second-order valence-corrected chi connectivity index (χ2v) is 8.54. The first-order chi connectivity index (χ1) is 12.9. The Hall–Kier alpha value is -1.82. The zero-order valence-electron chi connectivity index (χ0n) is 16.7. The number of rotatable bonds is 10. The molecule has 5 nitrogen and oxygen atoms in total. The van der Waals surface area contributed by atoms with Crippen LogP contribution >= 0.6 is 11.8 Å². The average Bonchev–Trinajstić information content (AvgIpc) is 2.87. The first-order valence-electron chi connectivity index (χ1n) is 9.63. The van der Waals surface area contributed by atoms with Crippen LogP contribution in [0.3, 0.4) is 0 Å². The van der Waals surface area contributed by atoms with Crippen molar-refractivity contribution in [3.8, 4) is 0 Å². The van der Waals surface area contributed by atoms with Crippen LogP contribution < -0.4 is 5.32 Å². The van der Waals surface area contributed by atoms with E-state index in [-0.39, 0.29) is 23.8 Å². The fourth-order valence-electron chi connectivity index (χ4n) is 3.34. The van der Waals surface area contributed by atoms with Crippen molar-refractivity contribution in [2.24, 2.45) is 5.92 Å². The number of carbonyl (C=O) groups is 3. The van der Waals surface area contributed by atoms with E-state index in [0.29, 0.717) is 29.2 Å². The zero-order valence-corrected chi connectivity index (χ0v) is 17.5. The van der Waals surface area contributed by atoms with E-state index in [1.807, 2.05) is 13.2 Å². The van der Waals surface area contributed by atoms with Crippen LogP contribution in [0, 0.1) is 5.92 Å². The molecule has 0 aromatic heterocycles. The third-order valence-electron chi connectivity index (χ3n) is 4.84. The molecule has 0 saturated carbocycles. The monoisotopic (exact) mass is 390 g/mol. The predicted molar refractivity (Wildman–Crippen MR) is 110 cm³/mol. The minimum atomic E-state index is -0.766. The Morgan fingerprint density at radius 3 is 2.15 bits per heavy atom. The van der Waals surface area contributed by atoms with Crippen molar-refractivity contribution in [1.82, 2.24) is 10.2 Å². The quantitative estimate of drug-likeness (QED) is 0.618. The van der Waals surface area contributed by atoms with Gasteiger partial charge in [-0.3, -0.25) is 19.3 Å². The number of carbonyl (C=O) groups excluding carboxylic acids is 3. The number of imide groups is 1. The predicted octanol–water partition coefficient (Wildman–Crippen LogP) is 3.74. The number of benzene rings is 1. The normalized spacial score (nSPS) is 15.8. The molecule has 0 bridgehead atoms. The Bertz CT molecular complexity index is 655. The van der Waals surface area contributed by atoms with Crippen molar-refractivity contribution in [2.45, 2.75) is 58.5 Å². The van der Waals surface area contributed by atoms with E-state index in [1.165, 1.54) is 0 Å². The first-order valence-corrected chi connectivity index (χ1v) is 11.0. The summed E-state index contributed by atoms with van der Waals surface area (Å²) in [5.41, 5.74) is 0.767. The van der Waals surface area contributed by atoms with Crippen molar-refractivity contribution in [3.05, 3.63) is 35.4 Å². The maximum absolute atomic E-state index is 12.9. The minimum absolute atomic E-state index is 0.0169. The van der Waals surface area contributed by atoms with Crippen molar-refractivity contribution in [2.75, 3.05) is 12.0 Å². The van der Waals surface area contributed by atoms with Crippen LogP contribution in [-0.2, 0) is 4.79 Å². The van der Waals surface area contributed by atoms with Gasteiger partial charge in [0.25, 0.3) is 11.8 Å². The molecule has 3 amide bonds. The topological polar surface area (TPSA) is 66.5 Å². The van der Waals surface area contributed by atoms with Gasteiger partial charge in [-0.1, -0.05) is 38.8 Å². The van der Waals surface area contributed by atoms with Crippen molar-refractivity contribution >= 4 is 29.5 Å². The molecule has 1 aliphatic heterocycles. The molecule has 0 fully saturated rings. The standard InChI is InChI=1S/C21H30N2O3S/c1-14(2)8-7-9-15(3)22-19(24)18(12-13-27-4)23-20(25)16-10-5-6-11-17(16)21(23)26/h5-6,10-11,14-15,18H,7-9,12-13H2,1-4H3,(H,22,24)/t15-,18-/m0/s1. The highest BCUT2D eigenvalue weighted by atomic mass is 32.2. The van der Waals surface area contributed by atoms with Crippen molar-refractivity contribution in [1.29, 1.82) is 0 Å². The van der Waals surface area contributed by atoms with Crippen molar-refractivity contribution < 1.29 is 14.4 Å². The number of hydrogen-bond donors (Lipinski definition) is 1. The molecule has 0 spiro atoms. The lowest BCUT2D eigenvalue weighted by Crippen LogP contribution is -2.51. The molecule has 0 unspecified atom stereocenters. The Morgan fingerprint density at radius 2 is 1.63 bits per heavy atom. The summed E-state index contributed by atoms with van der Waals surface area (Å²) in [4.78, 5) is 39.6. The Kier molecular flexibility index (Phi) is 7.90. The highest BCUT2D eigenvalue weighted by Crippen LogP contribution is 2.26. The van der Waals surface area contributed by atoms with Gasteiger partial charge < -0.3 is 5.32 Å². The van der Waals surface area contributed by atoms with Gasteiger partial charge >= 0.3 is 0 Å². The van der Waals surface area contributed by atoms with E-state index >= 15 is 0 Å². The summed E-state index contributed by atoms with van der Waals surface area (Å²) < 4.78 is 0. The van der Waals surface area contributed by atoms with Gasteiger partial charge in [0, 0.05) is 6.04 Å². The lowest BCUT2D eigenvalue weighted by molar-refractivity contribution is -0.125. The highest BCUT2D eigenvalue weighted by molar-refractivity contribution is 7.98. The molecule has 27 heavy (non-hydrogen) atoms. The van der Waals surface area contributed by atoms with Gasteiger partial charge in [0.15, 0.2) is 0 Å². The molecule has 148 valence electrons. The minimum Gasteiger partial charge on any atom is -0.352 e. The van der Waals surface area contributed by atoms with E-state index in [4.69, 9.17) is 0 Å². The molecule has 2 rings (SSSR count). The van der Waals surface area contributed by atoms with E-state index in [2.05, 4.69) is 19.2 Å². The highest BCUT2D eigenvalue weighted by Gasteiger charge is 2.42. The number of hydrogen-bond acceptors (Lipinski definition) is 4. The lowest BCUT2D eigenvalue weighted by Gasteiger charge is -2.27. The summed E-state index contributed by atoms with van der Waals surface area (Å²) >= 11 is 1.60. The second-order valence-electron chi connectivity index (χ2n) is 7.56. The van der Waals surface area contributed by atoms with Crippen LogP contribution in [0.5, 0.6) is 0 Å². The number of fused-ring (bicyclic) bond motifs is 1. The average molecular weight is 391 g/mol. The number of nitrogens with one attached hydrogen (secondary N) is 1. The van der Waals surface area contributed by atoms with Crippen molar-refractivity contribution in [3.63, 3.8) is 0 Å². The number of amides is 3. The Morgan fingerprint density at radius 1 is 1.04 bits per heavy atom. The number of nitrogens with zero attached hydrogens (tertiary/aromatic N) is 1. The third kappa shape index (κ3) is 5.34. The fourth-order valence-corrected chi connectivity index (χ4v) is 3.80. The second kappa shape index (κ2) is 9.93. The molecule has 0 aliphatic carbocycles. The molecule has 0 saturated heterocycles. The van der Waals surface area contributed by atoms with Gasteiger partial charge in [0.05, 0.1) is 11.1 Å². The summed E-state index contributed by atoms with van der Waals surface area (Å²) in [5.74, 6) is 0.359. The van der Waals surface area contributed by atoms with E-state index in [1.54, 1.807) is 36.0 Å². The van der Waals surface area contributed by atoms with Crippen LogP contribution in [0.2, 0.25) is 0 Å².